The number of rotatable bonds is 1. The molecule has 0 saturated carbocycles. The second kappa shape index (κ2) is 4.01. The molecule has 0 bridgehead atoms. The molecule has 6 heteroatoms. The molecule has 1 unspecified atom stereocenters. The molecule has 4 nitrogen and oxygen atoms in total. The van der Waals surface area contributed by atoms with Crippen LogP contribution < -0.4 is 4.74 Å². The highest BCUT2D eigenvalue weighted by atomic mass is 79.9. The minimum atomic E-state index is -0.871. The maximum atomic E-state index is 13.5. The van der Waals surface area contributed by atoms with E-state index < -0.39 is 16.4 Å². The van der Waals surface area contributed by atoms with Crippen molar-refractivity contribution in [2.75, 3.05) is 6.61 Å². The Kier molecular flexibility index (Phi) is 2.84. The summed E-state index contributed by atoms with van der Waals surface area (Å²) in [7, 11) is 0. The predicted molar refractivity (Wildman–Crippen MR) is 59.3 cm³/mol. The summed E-state index contributed by atoms with van der Waals surface area (Å²) in [6.45, 7) is 2.45. The van der Waals surface area contributed by atoms with Crippen molar-refractivity contribution in [1.82, 2.24) is 0 Å². The molecule has 1 aliphatic rings. The summed E-state index contributed by atoms with van der Waals surface area (Å²) in [4.78, 5) is 10.0. The van der Waals surface area contributed by atoms with Gasteiger partial charge in [-0.05, 0) is 28.3 Å². The molecule has 1 heterocycles. The quantitative estimate of drug-likeness (QED) is 0.588. The van der Waals surface area contributed by atoms with Crippen molar-refractivity contribution in [3.8, 4) is 5.75 Å². The molecular formula is C10H9BrFNO3. The molecule has 0 aromatic heterocycles. The van der Waals surface area contributed by atoms with E-state index in [1.54, 1.807) is 0 Å². The van der Waals surface area contributed by atoms with Crippen molar-refractivity contribution in [2.24, 2.45) is 0 Å². The molecule has 0 aliphatic carbocycles. The Morgan fingerprint density at radius 3 is 3.00 bits per heavy atom. The summed E-state index contributed by atoms with van der Waals surface area (Å²) >= 11 is 3.10. The van der Waals surface area contributed by atoms with Gasteiger partial charge in [-0.3, -0.25) is 10.1 Å². The lowest BCUT2D eigenvalue weighted by Crippen LogP contribution is -2.14. The van der Waals surface area contributed by atoms with E-state index in [-0.39, 0.29) is 10.4 Å². The Morgan fingerprint density at radius 2 is 2.38 bits per heavy atom. The van der Waals surface area contributed by atoms with Crippen LogP contribution in [0.25, 0.3) is 0 Å². The number of fused-ring (bicyclic) bond motifs is 1. The highest BCUT2D eigenvalue weighted by Gasteiger charge is 2.30. The van der Waals surface area contributed by atoms with Crippen LogP contribution in [0.3, 0.4) is 0 Å². The number of hydrogen-bond acceptors (Lipinski definition) is 3. The topological polar surface area (TPSA) is 52.4 Å². The number of halogens is 2. The lowest BCUT2D eigenvalue weighted by Gasteiger charge is -2.24. The minimum Gasteiger partial charge on any atom is -0.493 e. The van der Waals surface area contributed by atoms with Crippen LogP contribution in [0.5, 0.6) is 5.75 Å². The number of nitro benzene ring substituents is 1. The summed E-state index contributed by atoms with van der Waals surface area (Å²) < 4.78 is 19.0. The summed E-state index contributed by atoms with van der Waals surface area (Å²) in [6, 6.07) is 1.09. The van der Waals surface area contributed by atoms with Gasteiger partial charge in [0.25, 0.3) is 0 Å². The summed E-state index contributed by atoms with van der Waals surface area (Å²) in [6.07, 6.45) is 0.772. The molecule has 86 valence electrons. The average molecular weight is 290 g/mol. The number of ether oxygens (including phenoxy) is 1. The zero-order chi connectivity index (χ0) is 11.9. The average Bonchev–Trinajstić information content (AvgIpc) is 2.15. The maximum absolute atomic E-state index is 13.5. The fourth-order valence-electron chi connectivity index (χ4n) is 1.84. The highest BCUT2D eigenvalue weighted by Crippen LogP contribution is 2.44. The normalized spacial score (nSPS) is 18.8. The maximum Gasteiger partial charge on any atom is 0.319 e. The van der Waals surface area contributed by atoms with E-state index in [1.165, 1.54) is 0 Å². The molecule has 1 aromatic carbocycles. The fraction of sp³-hybridized carbons (Fsp3) is 0.400. The van der Waals surface area contributed by atoms with Crippen LogP contribution in [0.15, 0.2) is 10.5 Å². The SMILES string of the molecule is CC1CCOc2cc(F)c([N+](=O)[O-])c(Br)c21. The van der Waals surface area contributed by atoms with Crippen LogP contribution in [0.1, 0.15) is 24.8 Å². The van der Waals surface area contributed by atoms with Gasteiger partial charge >= 0.3 is 5.69 Å². The molecule has 1 atom stereocenters. The standard InChI is InChI=1S/C10H9BrFNO3/c1-5-2-3-16-7-4-6(12)10(13(14)15)9(11)8(5)7/h4-5H,2-3H2,1H3. The van der Waals surface area contributed by atoms with E-state index in [2.05, 4.69) is 15.9 Å². The van der Waals surface area contributed by atoms with E-state index in [4.69, 9.17) is 4.74 Å². The van der Waals surface area contributed by atoms with Gasteiger partial charge in [-0.1, -0.05) is 6.92 Å². The lowest BCUT2D eigenvalue weighted by molar-refractivity contribution is -0.388. The van der Waals surface area contributed by atoms with Crippen LogP contribution in [-0.4, -0.2) is 11.5 Å². The van der Waals surface area contributed by atoms with Crippen LogP contribution in [0.4, 0.5) is 10.1 Å². The van der Waals surface area contributed by atoms with Gasteiger partial charge in [0, 0.05) is 11.6 Å². The Labute approximate surface area is 99.7 Å². The minimum absolute atomic E-state index is 0.123. The number of hydrogen-bond donors (Lipinski definition) is 0. The predicted octanol–water partition coefficient (Wildman–Crippen LogP) is 3.38. The Hall–Kier alpha value is -1.17. The van der Waals surface area contributed by atoms with Crippen molar-refractivity contribution in [3.05, 3.63) is 32.0 Å². The monoisotopic (exact) mass is 289 g/mol. The van der Waals surface area contributed by atoms with E-state index >= 15 is 0 Å². The summed E-state index contributed by atoms with van der Waals surface area (Å²) in [5.74, 6) is -0.351. The zero-order valence-electron chi connectivity index (χ0n) is 8.50. The van der Waals surface area contributed by atoms with E-state index in [1.807, 2.05) is 6.92 Å². The van der Waals surface area contributed by atoms with Crippen LogP contribution in [0, 0.1) is 15.9 Å². The molecule has 0 fully saturated rings. The van der Waals surface area contributed by atoms with E-state index in [9.17, 15) is 14.5 Å². The largest absolute Gasteiger partial charge is 0.493 e. The summed E-state index contributed by atoms with van der Waals surface area (Å²) in [5.41, 5.74) is 0.162. The van der Waals surface area contributed by atoms with Crippen molar-refractivity contribution in [2.45, 2.75) is 19.3 Å². The van der Waals surface area contributed by atoms with Crippen molar-refractivity contribution in [3.63, 3.8) is 0 Å². The van der Waals surface area contributed by atoms with Gasteiger partial charge in [-0.25, -0.2) is 0 Å². The molecule has 0 radical (unpaired) electrons. The van der Waals surface area contributed by atoms with E-state index in [0.717, 1.165) is 12.5 Å². The first kappa shape index (κ1) is 11.3. The van der Waals surface area contributed by atoms with Gasteiger partial charge in [0.15, 0.2) is 0 Å². The second-order valence-electron chi connectivity index (χ2n) is 3.73. The third-order valence-corrected chi connectivity index (χ3v) is 3.48. The highest BCUT2D eigenvalue weighted by molar-refractivity contribution is 9.10. The smallest absolute Gasteiger partial charge is 0.319 e. The molecule has 1 aliphatic heterocycles. The van der Waals surface area contributed by atoms with Crippen molar-refractivity contribution < 1.29 is 14.1 Å². The number of nitrogens with zero attached hydrogens (tertiary/aromatic N) is 1. The molecular weight excluding hydrogens is 281 g/mol. The molecule has 0 saturated heterocycles. The molecule has 0 N–H and O–H groups in total. The Morgan fingerprint density at radius 1 is 1.69 bits per heavy atom. The van der Waals surface area contributed by atoms with Gasteiger partial charge in [0.05, 0.1) is 11.5 Å². The van der Waals surface area contributed by atoms with Gasteiger partial charge in [-0.15, -0.1) is 0 Å². The first-order valence-electron chi connectivity index (χ1n) is 4.81. The van der Waals surface area contributed by atoms with Gasteiger partial charge < -0.3 is 4.74 Å². The van der Waals surface area contributed by atoms with Gasteiger partial charge in [0.2, 0.25) is 5.82 Å². The molecule has 0 spiro atoms. The van der Waals surface area contributed by atoms with E-state index in [0.29, 0.717) is 17.9 Å². The molecule has 0 amide bonds. The molecule has 2 rings (SSSR count). The first-order valence-corrected chi connectivity index (χ1v) is 5.60. The Balaban J connectivity index is 2.68. The lowest BCUT2D eigenvalue weighted by atomic mass is 9.94. The Bertz CT molecular complexity index is 464. The third-order valence-electron chi connectivity index (χ3n) is 2.68. The van der Waals surface area contributed by atoms with Crippen LogP contribution in [-0.2, 0) is 0 Å². The molecule has 16 heavy (non-hydrogen) atoms. The second-order valence-corrected chi connectivity index (χ2v) is 4.52. The van der Waals surface area contributed by atoms with Crippen LogP contribution >= 0.6 is 15.9 Å². The number of benzene rings is 1. The number of nitro groups is 1. The molecule has 1 aromatic rings. The first-order chi connectivity index (χ1) is 7.52. The van der Waals surface area contributed by atoms with Gasteiger partial charge in [-0.2, -0.15) is 4.39 Å². The zero-order valence-corrected chi connectivity index (χ0v) is 10.1. The van der Waals surface area contributed by atoms with Crippen molar-refractivity contribution in [1.29, 1.82) is 0 Å². The van der Waals surface area contributed by atoms with Crippen LogP contribution in [0.2, 0.25) is 0 Å². The third kappa shape index (κ3) is 1.67. The van der Waals surface area contributed by atoms with Crippen molar-refractivity contribution >= 4 is 21.6 Å². The summed E-state index contributed by atoms with van der Waals surface area (Å²) in [5, 5.41) is 10.7. The van der Waals surface area contributed by atoms with Gasteiger partial charge in [0.1, 0.15) is 10.2 Å². The fourth-order valence-corrected chi connectivity index (χ4v) is 2.76.